The van der Waals surface area contributed by atoms with E-state index in [1.165, 1.54) is 12.3 Å². The van der Waals surface area contributed by atoms with Gasteiger partial charge in [0.15, 0.2) is 0 Å². The molecule has 0 aromatic carbocycles. The lowest BCUT2D eigenvalue weighted by Crippen LogP contribution is -2.08. The molecule has 9 heteroatoms. The van der Waals surface area contributed by atoms with E-state index in [1.807, 2.05) is 0 Å². The van der Waals surface area contributed by atoms with Crippen molar-refractivity contribution in [1.29, 1.82) is 0 Å². The summed E-state index contributed by atoms with van der Waals surface area (Å²) in [6.07, 6.45) is -7.43. The van der Waals surface area contributed by atoms with E-state index in [2.05, 4.69) is 15.0 Å². The Morgan fingerprint density at radius 2 is 1.65 bits per heavy atom. The highest BCUT2D eigenvalue weighted by atomic mass is 19.4. The standard InChI is InChI=1S/C14H7F6N3/c15-13(16,17)9-6-21-4-3-8(9)10-5-7-1-2-11(14(18,19)20)23-12(7)22-10/h1-6H,(H,22,23). The van der Waals surface area contributed by atoms with Crippen molar-refractivity contribution in [1.82, 2.24) is 15.0 Å². The number of halogens is 6. The molecular formula is C14H7F6N3. The van der Waals surface area contributed by atoms with Gasteiger partial charge in [0.05, 0.1) is 5.56 Å². The summed E-state index contributed by atoms with van der Waals surface area (Å²) in [5.74, 6) is 0. The molecule has 0 aliphatic heterocycles. The first-order valence-electron chi connectivity index (χ1n) is 6.25. The molecule has 3 rings (SSSR count). The molecule has 3 aromatic heterocycles. The zero-order chi connectivity index (χ0) is 16.8. The molecular weight excluding hydrogens is 324 g/mol. The second-order valence-electron chi connectivity index (χ2n) is 4.73. The van der Waals surface area contributed by atoms with E-state index in [0.717, 1.165) is 18.2 Å². The van der Waals surface area contributed by atoms with Crippen LogP contribution in [0.5, 0.6) is 0 Å². The van der Waals surface area contributed by atoms with Gasteiger partial charge in [0, 0.05) is 29.0 Å². The lowest BCUT2D eigenvalue weighted by atomic mass is 10.1. The average molecular weight is 331 g/mol. The molecule has 0 fully saturated rings. The summed E-state index contributed by atoms with van der Waals surface area (Å²) in [4.78, 5) is 9.34. The van der Waals surface area contributed by atoms with Gasteiger partial charge in [-0.1, -0.05) is 0 Å². The Kier molecular flexibility index (Phi) is 3.31. The number of aromatic amines is 1. The summed E-state index contributed by atoms with van der Waals surface area (Å²) < 4.78 is 76.9. The van der Waals surface area contributed by atoms with Gasteiger partial charge in [-0.15, -0.1) is 0 Å². The predicted molar refractivity (Wildman–Crippen MR) is 69.3 cm³/mol. The van der Waals surface area contributed by atoms with E-state index < -0.39 is 23.6 Å². The highest BCUT2D eigenvalue weighted by molar-refractivity contribution is 5.84. The quantitative estimate of drug-likeness (QED) is 0.659. The number of hydrogen-bond donors (Lipinski definition) is 1. The van der Waals surface area contributed by atoms with Gasteiger partial charge in [0.2, 0.25) is 0 Å². The minimum Gasteiger partial charge on any atom is -0.339 e. The van der Waals surface area contributed by atoms with E-state index in [4.69, 9.17) is 0 Å². The van der Waals surface area contributed by atoms with Crippen LogP contribution in [0.15, 0.2) is 36.7 Å². The zero-order valence-electron chi connectivity index (χ0n) is 11.1. The molecule has 0 radical (unpaired) electrons. The van der Waals surface area contributed by atoms with Gasteiger partial charge in [-0.2, -0.15) is 26.3 Å². The van der Waals surface area contributed by atoms with Gasteiger partial charge in [-0.05, 0) is 24.3 Å². The first kappa shape index (κ1) is 15.3. The monoisotopic (exact) mass is 331 g/mol. The third kappa shape index (κ3) is 2.86. The molecule has 0 saturated carbocycles. The van der Waals surface area contributed by atoms with Crippen LogP contribution in [0.2, 0.25) is 0 Å². The number of rotatable bonds is 1. The van der Waals surface area contributed by atoms with Crippen LogP contribution in [0, 0.1) is 0 Å². The molecule has 0 aliphatic rings. The molecule has 3 nitrogen and oxygen atoms in total. The molecule has 0 bridgehead atoms. The Morgan fingerprint density at radius 1 is 0.913 bits per heavy atom. The van der Waals surface area contributed by atoms with Crippen LogP contribution in [-0.2, 0) is 12.4 Å². The predicted octanol–water partition coefficient (Wildman–Crippen LogP) is 4.66. The molecule has 3 aromatic rings. The normalized spacial score (nSPS) is 12.8. The summed E-state index contributed by atoms with van der Waals surface area (Å²) in [6.45, 7) is 0. The topological polar surface area (TPSA) is 41.6 Å². The van der Waals surface area contributed by atoms with Gasteiger partial charge >= 0.3 is 12.4 Å². The third-order valence-corrected chi connectivity index (χ3v) is 3.19. The summed E-state index contributed by atoms with van der Waals surface area (Å²) in [5, 5.41) is 0.276. The molecule has 0 saturated heterocycles. The van der Waals surface area contributed by atoms with Crippen molar-refractivity contribution >= 4 is 11.0 Å². The maximum atomic E-state index is 13.0. The molecule has 120 valence electrons. The average Bonchev–Trinajstić information content (AvgIpc) is 2.88. The number of pyridine rings is 2. The maximum Gasteiger partial charge on any atom is 0.433 e. The minimum atomic E-state index is -4.63. The van der Waals surface area contributed by atoms with Crippen LogP contribution in [0.25, 0.3) is 22.3 Å². The highest BCUT2D eigenvalue weighted by Gasteiger charge is 2.35. The SMILES string of the molecule is FC(F)(F)c1ccc2cc(-c3ccncc3C(F)(F)F)[nH]c2n1. The fourth-order valence-electron chi connectivity index (χ4n) is 2.16. The van der Waals surface area contributed by atoms with E-state index in [9.17, 15) is 26.3 Å². The Hall–Kier alpha value is -2.58. The van der Waals surface area contributed by atoms with E-state index in [1.54, 1.807) is 0 Å². The maximum absolute atomic E-state index is 13.0. The number of nitrogens with one attached hydrogen (secondary N) is 1. The summed E-state index contributed by atoms with van der Waals surface area (Å²) in [7, 11) is 0. The lowest BCUT2D eigenvalue weighted by Gasteiger charge is -2.10. The number of hydrogen-bond acceptors (Lipinski definition) is 2. The fraction of sp³-hybridized carbons (Fsp3) is 0.143. The van der Waals surface area contributed by atoms with Crippen LogP contribution in [0.3, 0.4) is 0 Å². The second-order valence-corrected chi connectivity index (χ2v) is 4.73. The summed E-state index contributed by atoms with van der Waals surface area (Å²) >= 11 is 0. The van der Waals surface area contributed by atoms with E-state index >= 15 is 0 Å². The Labute approximate surface area is 125 Å². The van der Waals surface area contributed by atoms with Crippen molar-refractivity contribution in [2.75, 3.05) is 0 Å². The number of nitrogens with zero attached hydrogens (tertiary/aromatic N) is 2. The van der Waals surface area contributed by atoms with Crippen LogP contribution in [-0.4, -0.2) is 15.0 Å². The van der Waals surface area contributed by atoms with Gasteiger partial charge in [0.1, 0.15) is 11.3 Å². The van der Waals surface area contributed by atoms with Crippen molar-refractivity contribution in [2.24, 2.45) is 0 Å². The second kappa shape index (κ2) is 4.97. The molecule has 0 amide bonds. The van der Waals surface area contributed by atoms with Crippen molar-refractivity contribution < 1.29 is 26.3 Å². The van der Waals surface area contributed by atoms with Crippen LogP contribution < -0.4 is 0 Å². The Morgan fingerprint density at radius 3 is 2.30 bits per heavy atom. The van der Waals surface area contributed by atoms with Crippen molar-refractivity contribution in [3.8, 4) is 11.3 Å². The first-order valence-corrected chi connectivity index (χ1v) is 6.25. The van der Waals surface area contributed by atoms with Gasteiger partial charge in [-0.3, -0.25) is 4.98 Å². The smallest absolute Gasteiger partial charge is 0.339 e. The van der Waals surface area contributed by atoms with E-state index in [0.29, 0.717) is 6.20 Å². The van der Waals surface area contributed by atoms with Gasteiger partial charge in [-0.25, -0.2) is 4.98 Å². The molecule has 0 unspecified atom stereocenters. The highest BCUT2D eigenvalue weighted by Crippen LogP contribution is 2.37. The van der Waals surface area contributed by atoms with Crippen molar-refractivity contribution in [2.45, 2.75) is 12.4 Å². The number of alkyl halides is 6. The Bertz CT molecular complexity index is 863. The van der Waals surface area contributed by atoms with Crippen molar-refractivity contribution in [3.63, 3.8) is 0 Å². The minimum absolute atomic E-state index is 0.0153. The summed E-state index contributed by atoms with van der Waals surface area (Å²) in [6, 6.07) is 4.38. The van der Waals surface area contributed by atoms with Gasteiger partial charge in [0.25, 0.3) is 0 Å². The van der Waals surface area contributed by atoms with Gasteiger partial charge < -0.3 is 4.98 Å². The fourth-order valence-corrected chi connectivity index (χ4v) is 2.16. The molecule has 23 heavy (non-hydrogen) atoms. The zero-order valence-corrected chi connectivity index (χ0v) is 11.1. The third-order valence-electron chi connectivity index (χ3n) is 3.19. The number of H-pyrrole nitrogens is 1. The van der Waals surface area contributed by atoms with Crippen LogP contribution in [0.1, 0.15) is 11.3 Å². The molecule has 0 atom stereocenters. The largest absolute Gasteiger partial charge is 0.433 e. The van der Waals surface area contributed by atoms with Crippen molar-refractivity contribution in [3.05, 3.63) is 47.9 Å². The van der Waals surface area contributed by atoms with Crippen LogP contribution in [0.4, 0.5) is 26.3 Å². The molecule has 0 spiro atoms. The molecule has 0 aliphatic carbocycles. The first-order chi connectivity index (χ1) is 10.7. The van der Waals surface area contributed by atoms with Crippen LogP contribution >= 0.6 is 0 Å². The Balaban J connectivity index is 2.16. The van der Waals surface area contributed by atoms with E-state index in [-0.39, 0.29) is 22.3 Å². The molecule has 3 heterocycles. The molecule has 1 N–H and O–H groups in total. The number of fused-ring (bicyclic) bond motifs is 1. The lowest BCUT2D eigenvalue weighted by molar-refractivity contribution is -0.141. The number of aromatic nitrogens is 3. The summed E-state index contributed by atoms with van der Waals surface area (Å²) in [5.41, 5.74) is -2.44.